The van der Waals surface area contributed by atoms with Gasteiger partial charge in [-0.05, 0) is 44.6 Å². The van der Waals surface area contributed by atoms with Crippen LogP contribution in [-0.4, -0.2) is 26.3 Å². The minimum absolute atomic E-state index is 0.756. The fourth-order valence-electron chi connectivity index (χ4n) is 3.36. The Hall–Kier alpha value is -0.0800. The number of nitrogens with one attached hydrogen (secondary N) is 1. The molecular weight excluding hydrogens is 198 g/mol. The molecule has 16 heavy (non-hydrogen) atoms. The summed E-state index contributed by atoms with van der Waals surface area (Å²) in [6, 6.07) is 0.756. The monoisotopic (exact) mass is 225 g/mol. The van der Waals surface area contributed by atoms with Crippen molar-refractivity contribution in [3.05, 3.63) is 0 Å². The third-order valence-corrected chi connectivity index (χ3v) is 4.46. The molecule has 0 spiro atoms. The Kier molecular flexibility index (Phi) is 5.11. The highest BCUT2D eigenvalue weighted by Crippen LogP contribution is 2.31. The Bertz CT molecular complexity index is 183. The summed E-state index contributed by atoms with van der Waals surface area (Å²) < 4.78 is 5.43. The van der Waals surface area contributed by atoms with Crippen molar-refractivity contribution in [3.8, 4) is 0 Å². The van der Waals surface area contributed by atoms with E-state index in [2.05, 4.69) is 12.4 Å². The predicted molar refractivity (Wildman–Crippen MR) is 67.6 cm³/mol. The zero-order valence-electron chi connectivity index (χ0n) is 10.7. The second kappa shape index (κ2) is 6.61. The lowest BCUT2D eigenvalue weighted by atomic mass is 9.88. The first-order valence-electron chi connectivity index (χ1n) is 7.13. The molecule has 0 aromatic carbocycles. The Labute approximate surface area is 100 Å². The van der Waals surface area contributed by atoms with Gasteiger partial charge in [0.1, 0.15) is 0 Å². The van der Waals surface area contributed by atoms with Crippen molar-refractivity contribution in [2.75, 3.05) is 20.3 Å². The van der Waals surface area contributed by atoms with E-state index in [0.717, 1.165) is 31.1 Å². The van der Waals surface area contributed by atoms with E-state index >= 15 is 0 Å². The van der Waals surface area contributed by atoms with Gasteiger partial charge >= 0.3 is 0 Å². The molecule has 2 aliphatic rings. The van der Waals surface area contributed by atoms with Crippen LogP contribution in [-0.2, 0) is 4.74 Å². The van der Waals surface area contributed by atoms with Crippen LogP contribution in [0.25, 0.3) is 0 Å². The molecule has 1 heterocycles. The first-order valence-corrected chi connectivity index (χ1v) is 7.13. The van der Waals surface area contributed by atoms with E-state index in [4.69, 9.17) is 4.74 Å². The minimum atomic E-state index is 0.756. The lowest BCUT2D eigenvalue weighted by Gasteiger charge is -2.28. The Morgan fingerprint density at radius 1 is 1.00 bits per heavy atom. The molecule has 1 atom stereocenters. The molecular formula is C14H27NO. The van der Waals surface area contributed by atoms with Gasteiger partial charge in [-0.25, -0.2) is 0 Å². The van der Waals surface area contributed by atoms with Gasteiger partial charge in [-0.1, -0.05) is 25.7 Å². The number of hydrogen-bond acceptors (Lipinski definition) is 2. The smallest absolute Gasteiger partial charge is 0.0468 e. The molecule has 2 heteroatoms. The molecule has 2 fully saturated rings. The quantitative estimate of drug-likeness (QED) is 0.776. The normalized spacial score (nSPS) is 26.1. The van der Waals surface area contributed by atoms with Crippen LogP contribution >= 0.6 is 0 Å². The van der Waals surface area contributed by atoms with E-state index < -0.39 is 0 Å². The highest BCUT2D eigenvalue weighted by atomic mass is 16.5. The highest BCUT2D eigenvalue weighted by molar-refractivity contribution is 4.78. The highest BCUT2D eigenvalue weighted by Gasteiger charge is 2.22. The zero-order valence-corrected chi connectivity index (χ0v) is 10.7. The van der Waals surface area contributed by atoms with Gasteiger partial charge in [0.2, 0.25) is 0 Å². The maximum absolute atomic E-state index is 5.43. The van der Waals surface area contributed by atoms with Crippen molar-refractivity contribution in [2.24, 2.45) is 11.8 Å². The van der Waals surface area contributed by atoms with E-state index in [1.165, 1.54) is 51.4 Å². The van der Waals surface area contributed by atoms with Crippen LogP contribution in [0.15, 0.2) is 0 Å². The minimum Gasteiger partial charge on any atom is -0.381 e. The summed E-state index contributed by atoms with van der Waals surface area (Å²) in [6.07, 6.45) is 11.2. The molecule has 2 rings (SSSR count). The molecule has 1 aliphatic carbocycles. The van der Waals surface area contributed by atoms with E-state index in [1.807, 2.05) is 0 Å². The zero-order chi connectivity index (χ0) is 11.2. The summed E-state index contributed by atoms with van der Waals surface area (Å²) in [5, 5.41) is 3.54. The average Bonchev–Trinajstić information content (AvgIpc) is 2.82. The summed E-state index contributed by atoms with van der Waals surface area (Å²) in [5.41, 5.74) is 0. The van der Waals surface area contributed by atoms with E-state index in [1.54, 1.807) is 0 Å². The maximum atomic E-state index is 5.43. The Morgan fingerprint density at radius 2 is 1.56 bits per heavy atom. The molecule has 1 saturated carbocycles. The molecule has 0 amide bonds. The molecule has 2 nitrogen and oxygen atoms in total. The van der Waals surface area contributed by atoms with Crippen molar-refractivity contribution in [3.63, 3.8) is 0 Å². The third kappa shape index (κ3) is 3.74. The number of hydrogen-bond donors (Lipinski definition) is 1. The van der Waals surface area contributed by atoms with Crippen LogP contribution < -0.4 is 5.32 Å². The standard InChI is InChI=1S/C14H27NO/c1-15-14(10-12-4-2-3-5-12)11-13-6-8-16-9-7-13/h12-15H,2-11H2,1H3. The van der Waals surface area contributed by atoms with E-state index in [-0.39, 0.29) is 0 Å². The lowest BCUT2D eigenvalue weighted by Crippen LogP contribution is -2.31. The van der Waals surface area contributed by atoms with E-state index in [0.29, 0.717) is 0 Å². The van der Waals surface area contributed by atoms with Crippen molar-refractivity contribution < 1.29 is 4.74 Å². The Balaban J connectivity index is 1.70. The summed E-state index contributed by atoms with van der Waals surface area (Å²) in [6.45, 7) is 1.98. The van der Waals surface area contributed by atoms with Gasteiger partial charge in [0, 0.05) is 19.3 Å². The lowest BCUT2D eigenvalue weighted by molar-refractivity contribution is 0.0599. The molecule has 0 aromatic heterocycles. The Morgan fingerprint density at radius 3 is 2.12 bits per heavy atom. The summed E-state index contributed by atoms with van der Waals surface area (Å²) in [7, 11) is 2.14. The molecule has 1 saturated heterocycles. The van der Waals surface area contributed by atoms with Crippen molar-refractivity contribution in [2.45, 2.75) is 57.4 Å². The van der Waals surface area contributed by atoms with Crippen LogP contribution in [0.4, 0.5) is 0 Å². The van der Waals surface area contributed by atoms with Gasteiger partial charge in [-0.3, -0.25) is 0 Å². The largest absolute Gasteiger partial charge is 0.381 e. The molecule has 94 valence electrons. The fourth-order valence-corrected chi connectivity index (χ4v) is 3.36. The molecule has 0 radical (unpaired) electrons. The van der Waals surface area contributed by atoms with Crippen LogP contribution in [0.3, 0.4) is 0 Å². The van der Waals surface area contributed by atoms with Crippen LogP contribution in [0.5, 0.6) is 0 Å². The molecule has 0 aromatic rings. The first-order chi connectivity index (χ1) is 7.88. The SMILES string of the molecule is CNC(CC1CCCC1)CC1CCOCC1. The van der Waals surface area contributed by atoms with Gasteiger partial charge in [-0.15, -0.1) is 0 Å². The summed E-state index contributed by atoms with van der Waals surface area (Å²) >= 11 is 0. The third-order valence-electron chi connectivity index (χ3n) is 4.46. The van der Waals surface area contributed by atoms with Crippen molar-refractivity contribution in [1.29, 1.82) is 0 Å². The topological polar surface area (TPSA) is 21.3 Å². The van der Waals surface area contributed by atoms with Gasteiger partial charge in [0.25, 0.3) is 0 Å². The summed E-state index contributed by atoms with van der Waals surface area (Å²) in [5.74, 6) is 1.92. The molecule has 1 N–H and O–H groups in total. The van der Waals surface area contributed by atoms with Crippen LogP contribution in [0, 0.1) is 11.8 Å². The summed E-state index contributed by atoms with van der Waals surface area (Å²) in [4.78, 5) is 0. The van der Waals surface area contributed by atoms with E-state index in [9.17, 15) is 0 Å². The number of ether oxygens (including phenoxy) is 1. The average molecular weight is 225 g/mol. The van der Waals surface area contributed by atoms with Crippen LogP contribution in [0.1, 0.15) is 51.4 Å². The molecule has 1 aliphatic heterocycles. The second-order valence-corrected chi connectivity index (χ2v) is 5.66. The first kappa shape index (κ1) is 12.4. The second-order valence-electron chi connectivity index (χ2n) is 5.66. The van der Waals surface area contributed by atoms with Gasteiger partial charge in [0.05, 0.1) is 0 Å². The van der Waals surface area contributed by atoms with Gasteiger partial charge < -0.3 is 10.1 Å². The predicted octanol–water partition coefficient (Wildman–Crippen LogP) is 2.97. The molecule has 0 bridgehead atoms. The maximum Gasteiger partial charge on any atom is 0.0468 e. The van der Waals surface area contributed by atoms with Gasteiger partial charge in [0.15, 0.2) is 0 Å². The van der Waals surface area contributed by atoms with Crippen molar-refractivity contribution >= 4 is 0 Å². The van der Waals surface area contributed by atoms with Crippen molar-refractivity contribution in [1.82, 2.24) is 5.32 Å². The van der Waals surface area contributed by atoms with Crippen LogP contribution in [0.2, 0.25) is 0 Å². The fraction of sp³-hybridized carbons (Fsp3) is 1.00. The molecule has 1 unspecified atom stereocenters. The van der Waals surface area contributed by atoms with Gasteiger partial charge in [-0.2, -0.15) is 0 Å². The number of rotatable bonds is 5.